The molecule has 0 saturated carbocycles. The quantitative estimate of drug-likeness (QED) is 0.416. The summed E-state index contributed by atoms with van der Waals surface area (Å²) in [4.78, 5) is 34.1. The Morgan fingerprint density at radius 1 is 1.11 bits per heavy atom. The molecule has 0 aliphatic carbocycles. The van der Waals surface area contributed by atoms with Crippen molar-refractivity contribution in [3.05, 3.63) is 68.7 Å². The summed E-state index contributed by atoms with van der Waals surface area (Å²) in [6.07, 6.45) is -0.0492. The van der Waals surface area contributed by atoms with Crippen LogP contribution in [0.5, 0.6) is 0 Å². The van der Waals surface area contributed by atoms with E-state index in [1.54, 1.807) is 44.2 Å². The number of non-ortho nitro benzene ring substituents is 1. The Balaban J connectivity index is 1.84. The molecule has 146 valence electrons. The average Bonchev–Trinajstić information content (AvgIpc) is 2.68. The third-order valence-corrected chi connectivity index (χ3v) is 4.37. The molecule has 0 aliphatic heterocycles. The molecule has 9 heteroatoms. The maximum atomic E-state index is 12.0. The first kappa shape index (κ1) is 21.0. The van der Waals surface area contributed by atoms with Crippen LogP contribution in [-0.4, -0.2) is 22.4 Å². The minimum Gasteiger partial charge on any atom is -0.326 e. The Morgan fingerprint density at radius 3 is 2.39 bits per heavy atom. The standard InChI is InChI=1S/C19H19ClN4O4/c1-12-16(20)4-3-5-17(12)21-18(25)10-11-19(26)23-22-13(2)14-6-8-15(9-7-14)24(27)28/h3-9H,10-11H2,1-2H3,(H,21,25)(H,23,26)/b22-13-. The number of carbonyl (C=O) groups excluding carboxylic acids is 2. The van der Waals surface area contributed by atoms with Gasteiger partial charge in [0.25, 0.3) is 5.69 Å². The molecule has 28 heavy (non-hydrogen) atoms. The van der Waals surface area contributed by atoms with E-state index in [-0.39, 0.29) is 24.4 Å². The Hall–Kier alpha value is -3.26. The van der Waals surface area contributed by atoms with Crippen molar-refractivity contribution in [2.75, 3.05) is 5.32 Å². The summed E-state index contributed by atoms with van der Waals surface area (Å²) in [7, 11) is 0. The smallest absolute Gasteiger partial charge is 0.269 e. The molecule has 2 N–H and O–H groups in total. The molecule has 0 saturated heterocycles. The molecule has 0 unspecified atom stereocenters. The van der Waals surface area contributed by atoms with Gasteiger partial charge >= 0.3 is 0 Å². The number of carbonyl (C=O) groups is 2. The number of halogens is 1. The van der Waals surface area contributed by atoms with Gasteiger partial charge in [0.2, 0.25) is 11.8 Å². The van der Waals surface area contributed by atoms with E-state index in [2.05, 4.69) is 15.8 Å². The summed E-state index contributed by atoms with van der Waals surface area (Å²) < 4.78 is 0. The fourth-order valence-electron chi connectivity index (χ4n) is 2.27. The zero-order chi connectivity index (χ0) is 20.7. The number of anilines is 1. The maximum Gasteiger partial charge on any atom is 0.269 e. The highest BCUT2D eigenvalue weighted by molar-refractivity contribution is 6.31. The van der Waals surface area contributed by atoms with E-state index in [4.69, 9.17) is 11.6 Å². The Morgan fingerprint density at radius 2 is 1.75 bits per heavy atom. The first-order valence-corrected chi connectivity index (χ1v) is 8.78. The second-order valence-electron chi connectivity index (χ2n) is 6.00. The van der Waals surface area contributed by atoms with E-state index in [1.165, 1.54) is 12.1 Å². The molecular weight excluding hydrogens is 384 g/mol. The number of hydrogen-bond donors (Lipinski definition) is 2. The van der Waals surface area contributed by atoms with Crippen LogP contribution in [0.15, 0.2) is 47.6 Å². The molecular formula is C19H19ClN4O4. The van der Waals surface area contributed by atoms with Gasteiger partial charge in [0.15, 0.2) is 0 Å². The molecule has 0 aliphatic rings. The summed E-state index contributed by atoms with van der Waals surface area (Å²) in [6, 6.07) is 11.0. The van der Waals surface area contributed by atoms with Crippen LogP contribution in [0.4, 0.5) is 11.4 Å². The predicted molar refractivity (Wildman–Crippen MR) is 108 cm³/mol. The van der Waals surface area contributed by atoms with E-state index < -0.39 is 10.8 Å². The van der Waals surface area contributed by atoms with Gasteiger partial charge in [0.05, 0.1) is 10.6 Å². The molecule has 2 rings (SSSR count). The second-order valence-corrected chi connectivity index (χ2v) is 6.40. The van der Waals surface area contributed by atoms with E-state index in [0.717, 1.165) is 5.56 Å². The largest absolute Gasteiger partial charge is 0.326 e. The molecule has 0 atom stereocenters. The molecule has 2 aromatic rings. The topological polar surface area (TPSA) is 114 Å². The van der Waals surface area contributed by atoms with Crippen molar-refractivity contribution < 1.29 is 14.5 Å². The fourth-order valence-corrected chi connectivity index (χ4v) is 2.45. The number of hydrogen-bond acceptors (Lipinski definition) is 5. The molecule has 0 heterocycles. The normalized spacial score (nSPS) is 11.0. The Labute approximate surface area is 166 Å². The number of nitro benzene ring substituents is 1. The molecule has 2 aromatic carbocycles. The van der Waals surface area contributed by atoms with Gasteiger partial charge in [-0.15, -0.1) is 0 Å². The first-order valence-electron chi connectivity index (χ1n) is 8.41. The number of nitro groups is 1. The Bertz CT molecular complexity index is 926. The highest BCUT2D eigenvalue weighted by atomic mass is 35.5. The second kappa shape index (κ2) is 9.61. The van der Waals surface area contributed by atoms with Crippen molar-refractivity contribution in [1.29, 1.82) is 0 Å². The van der Waals surface area contributed by atoms with Gasteiger partial charge in [-0.3, -0.25) is 19.7 Å². The van der Waals surface area contributed by atoms with Gasteiger partial charge < -0.3 is 5.32 Å². The summed E-state index contributed by atoms with van der Waals surface area (Å²) in [5.41, 5.74) is 4.83. The van der Waals surface area contributed by atoms with Gasteiger partial charge in [0.1, 0.15) is 0 Å². The minimum atomic E-state index is -0.492. The summed E-state index contributed by atoms with van der Waals surface area (Å²) in [5, 5.41) is 17.9. The van der Waals surface area contributed by atoms with Gasteiger partial charge in [-0.2, -0.15) is 5.10 Å². The molecule has 0 radical (unpaired) electrons. The van der Waals surface area contributed by atoms with Gasteiger partial charge in [-0.25, -0.2) is 5.43 Å². The number of amides is 2. The van der Waals surface area contributed by atoms with Crippen LogP contribution in [0, 0.1) is 17.0 Å². The van der Waals surface area contributed by atoms with Gasteiger partial charge in [0, 0.05) is 35.7 Å². The fraction of sp³-hybridized carbons (Fsp3) is 0.211. The van der Waals surface area contributed by atoms with E-state index in [0.29, 0.717) is 22.0 Å². The van der Waals surface area contributed by atoms with Crippen LogP contribution in [0.3, 0.4) is 0 Å². The predicted octanol–water partition coefficient (Wildman–Crippen LogP) is 3.82. The third-order valence-electron chi connectivity index (χ3n) is 3.97. The van der Waals surface area contributed by atoms with Gasteiger partial charge in [-0.1, -0.05) is 17.7 Å². The Kier molecular flexibility index (Phi) is 7.22. The van der Waals surface area contributed by atoms with Crippen LogP contribution in [0.2, 0.25) is 5.02 Å². The molecule has 0 fully saturated rings. The zero-order valence-electron chi connectivity index (χ0n) is 15.4. The van der Waals surface area contributed by atoms with Crippen molar-refractivity contribution in [3.8, 4) is 0 Å². The maximum absolute atomic E-state index is 12.0. The van der Waals surface area contributed by atoms with E-state index in [1.807, 2.05) is 0 Å². The number of rotatable bonds is 7. The lowest BCUT2D eigenvalue weighted by Gasteiger charge is -2.09. The minimum absolute atomic E-state index is 0.0100. The van der Waals surface area contributed by atoms with Crippen LogP contribution in [0.1, 0.15) is 30.9 Å². The van der Waals surface area contributed by atoms with Crippen LogP contribution < -0.4 is 10.7 Å². The van der Waals surface area contributed by atoms with Crippen LogP contribution >= 0.6 is 11.6 Å². The first-order chi connectivity index (χ1) is 13.3. The molecule has 0 spiro atoms. The summed E-state index contributed by atoms with van der Waals surface area (Å²) in [5.74, 6) is -0.726. The van der Waals surface area contributed by atoms with E-state index >= 15 is 0 Å². The number of hydrazone groups is 1. The lowest BCUT2D eigenvalue weighted by atomic mass is 10.1. The zero-order valence-corrected chi connectivity index (χ0v) is 16.1. The third kappa shape index (κ3) is 5.88. The highest BCUT2D eigenvalue weighted by Gasteiger charge is 2.10. The molecule has 0 aromatic heterocycles. The number of nitrogens with zero attached hydrogens (tertiary/aromatic N) is 2. The number of nitrogens with one attached hydrogen (secondary N) is 2. The monoisotopic (exact) mass is 402 g/mol. The van der Waals surface area contributed by atoms with Crippen molar-refractivity contribution >= 4 is 40.5 Å². The molecule has 8 nitrogen and oxygen atoms in total. The van der Waals surface area contributed by atoms with Crippen molar-refractivity contribution in [2.24, 2.45) is 5.10 Å². The average molecular weight is 403 g/mol. The SMILES string of the molecule is C/C(=N/NC(=O)CCC(=O)Nc1cccc(Cl)c1C)c1ccc([N+](=O)[O-])cc1. The summed E-state index contributed by atoms with van der Waals surface area (Å²) >= 11 is 6.01. The van der Waals surface area contributed by atoms with Gasteiger partial charge in [-0.05, 0) is 49.2 Å². The van der Waals surface area contributed by atoms with Crippen LogP contribution in [0.25, 0.3) is 0 Å². The van der Waals surface area contributed by atoms with Crippen molar-refractivity contribution in [1.82, 2.24) is 5.43 Å². The highest BCUT2D eigenvalue weighted by Crippen LogP contribution is 2.23. The molecule has 0 bridgehead atoms. The lowest BCUT2D eigenvalue weighted by molar-refractivity contribution is -0.384. The van der Waals surface area contributed by atoms with Crippen LogP contribution in [-0.2, 0) is 9.59 Å². The summed E-state index contributed by atoms with van der Waals surface area (Å²) in [6.45, 7) is 3.45. The number of benzene rings is 2. The van der Waals surface area contributed by atoms with E-state index in [9.17, 15) is 19.7 Å². The molecule has 2 amide bonds. The van der Waals surface area contributed by atoms with Crippen molar-refractivity contribution in [3.63, 3.8) is 0 Å². The van der Waals surface area contributed by atoms with Crippen molar-refractivity contribution in [2.45, 2.75) is 26.7 Å². The lowest BCUT2D eigenvalue weighted by Crippen LogP contribution is -2.22.